The van der Waals surface area contributed by atoms with Crippen LogP contribution in [0.25, 0.3) is 0 Å². The van der Waals surface area contributed by atoms with E-state index in [1.165, 1.54) is 24.8 Å². The summed E-state index contributed by atoms with van der Waals surface area (Å²) < 4.78 is 0. The summed E-state index contributed by atoms with van der Waals surface area (Å²) in [5.74, 6) is -1.03. The zero-order valence-electron chi connectivity index (χ0n) is 23.8. The van der Waals surface area contributed by atoms with Gasteiger partial charge in [0, 0.05) is 24.0 Å². The van der Waals surface area contributed by atoms with Crippen molar-refractivity contribution < 1.29 is 25.2 Å². The lowest BCUT2D eigenvalue weighted by molar-refractivity contribution is -0.148. The third-order valence-electron chi connectivity index (χ3n) is 10.0. The Balaban J connectivity index is 1.21. The maximum absolute atomic E-state index is 12.1. The Morgan fingerprint density at radius 3 is 2.64 bits per heavy atom. The number of hydrogen-bond donors (Lipinski definition) is 4. The maximum atomic E-state index is 12.1. The van der Waals surface area contributed by atoms with E-state index in [-0.39, 0.29) is 23.9 Å². The van der Waals surface area contributed by atoms with Crippen LogP contribution in [-0.2, 0) is 4.79 Å². The largest absolute Gasteiger partial charge is 0.481 e. The van der Waals surface area contributed by atoms with Gasteiger partial charge in [-0.1, -0.05) is 75.8 Å². The fourth-order valence-electron chi connectivity index (χ4n) is 7.64. The molecule has 9 atom stereocenters. The van der Waals surface area contributed by atoms with Crippen molar-refractivity contribution in [1.29, 1.82) is 0 Å². The molecule has 4 N–H and O–H groups in total. The highest BCUT2D eigenvalue weighted by molar-refractivity contribution is 5.80. The third kappa shape index (κ3) is 7.92. The molecule has 0 aromatic rings. The number of carbonyl (C=O) groups is 1. The minimum atomic E-state index is -1.000. The van der Waals surface area contributed by atoms with Gasteiger partial charge in [0.05, 0.1) is 30.3 Å². The molecule has 6 heteroatoms. The topological polar surface area (TPSA) is 110 Å². The first-order valence-corrected chi connectivity index (χ1v) is 15.7. The van der Waals surface area contributed by atoms with Crippen LogP contribution in [0.3, 0.4) is 0 Å². The third-order valence-corrected chi connectivity index (χ3v) is 10.0. The van der Waals surface area contributed by atoms with E-state index < -0.39 is 23.6 Å². The van der Waals surface area contributed by atoms with Gasteiger partial charge in [-0.05, 0) is 68.8 Å². The van der Waals surface area contributed by atoms with Crippen LogP contribution in [0.5, 0.6) is 0 Å². The maximum Gasteiger partial charge on any atom is 0.309 e. The van der Waals surface area contributed by atoms with Crippen LogP contribution in [0, 0.1) is 35.5 Å². The minimum absolute atomic E-state index is 0.0509. The van der Waals surface area contributed by atoms with Crippen LogP contribution in [0.15, 0.2) is 40.9 Å². The highest BCUT2D eigenvalue weighted by atomic mass is 16.4. The molecule has 1 heterocycles. The van der Waals surface area contributed by atoms with Gasteiger partial charge in [-0.3, -0.25) is 9.79 Å². The molecule has 0 aromatic carbocycles. The number of carboxylic acids is 1. The lowest BCUT2D eigenvalue weighted by atomic mass is 9.70. The summed E-state index contributed by atoms with van der Waals surface area (Å²) in [6.45, 7) is 2.96. The molecule has 4 aliphatic rings. The molecule has 0 bridgehead atoms. The van der Waals surface area contributed by atoms with Gasteiger partial charge in [0.25, 0.3) is 0 Å². The van der Waals surface area contributed by atoms with Gasteiger partial charge in [0.2, 0.25) is 0 Å². The van der Waals surface area contributed by atoms with Crippen LogP contribution in [-0.4, -0.2) is 57.0 Å². The molecular formula is C33H51NO5. The van der Waals surface area contributed by atoms with Crippen molar-refractivity contribution in [3.63, 3.8) is 0 Å². The number of carboxylic acid groups (broad SMARTS) is 1. The molecule has 4 rings (SSSR count). The molecule has 0 amide bonds. The van der Waals surface area contributed by atoms with Gasteiger partial charge in [-0.15, -0.1) is 0 Å². The number of fused-ring (bicyclic) bond motifs is 1. The summed E-state index contributed by atoms with van der Waals surface area (Å²) in [5, 5.41) is 43.1. The molecule has 1 fully saturated rings. The average Bonchev–Trinajstić information content (AvgIpc) is 3.54. The zero-order valence-corrected chi connectivity index (χ0v) is 23.8. The molecule has 6 nitrogen and oxygen atoms in total. The second kappa shape index (κ2) is 14.2. The van der Waals surface area contributed by atoms with Crippen molar-refractivity contribution >= 4 is 12.2 Å². The zero-order chi connectivity index (χ0) is 27.8. The van der Waals surface area contributed by atoms with E-state index in [4.69, 9.17) is 0 Å². The van der Waals surface area contributed by atoms with Gasteiger partial charge in [0.1, 0.15) is 0 Å². The lowest BCUT2D eigenvalue weighted by Gasteiger charge is -2.39. The highest BCUT2D eigenvalue weighted by Gasteiger charge is 2.50. The van der Waals surface area contributed by atoms with E-state index in [2.05, 4.69) is 36.2 Å². The molecule has 1 aliphatic heterocycles. The number of nitrogens with zero attached hydrogens (tertiary/aromatic N) is 1. The van der Waals surface area contributed by atoms with Crippen molar-refractivity contribution in [3.05, 3.63) is 36.0 Å². The quantitative estimate of drug-likeness (QED) is 0.153. The molecule has 0 aromatic heterocycles. The summed E-state index contributed by atoms with van der Waals surface area (Å²) in [4.78, 5) is 16.4. The van der Waals surface area contributed by atoms with Gasteiger partial charge >= 0.3 is 5.97 Å². The molecule has 0 radical (unpaired) electrons. The second-order valence-corrected chi connectivity index (χ2v) is 12.8. The van der Waals surface area contributed by atoms with Crippen LogP contribution in [0.2, 0.25) is 0 Å². The summed E-state index contributed by atoms with van der Waals surface area (Å²) >= 11 is 0. The number of aliphatic imine (C=N–C) groups is 1. The number of hydrogen-bond acceptors (Lipinski definition) is 5. The van der Waals surface area contributed by atoms with Gasteiger partial charge in [-0.2, -0.15) is 0 Å². The fourth-order valence-corrected chi connectivity index (χ4v) is 7.64. The Kier molecular flexibility index (Phi) is 11.0. The smallest absolute Gasteiger partial charge is 0.309 e. The average molecular weight is 542 g/mol. The predicted octanol–water partition coefficient (Wildman–Crippen LogP) is 5.87. The molecule has 3 aliphatic carbocycles. The summed E-state index contributed by atoms with van der Waals surface area (Å²) in [6.07, 6.45) is 23.9. The Morgan fingerprint density at radius 2 is 1.92 bits per heavy atom. The standard InChI is InChI=1S/C33H51NO5/c1-2-3-5-8-23-11-12-25(30(35)20-23)9-6-4-7-10-28(32(37)38)31(36)27-13-14-29-26(15-17-33(29,39)21-27)19-24-16-18-34-22-24/h11-14,16,22-23,25-31,35-36,39H,2-10,15,17-21H2,1H3,(H,37,38). The summed E-state index contributed by atoms with van der Waals surface area (Å²) in [7, 11) is 0. The number of aliphatic carboxylic acids is 1. The predicted molar refractivity (Wildman–Crippen MR) is 156 cm³/mol. The first-order chi connectivity index (χ1) is 18.8. The number of aliphatic hydroxyl groups excluding tert-OH is 2. The Hall–Kier alpha value is -1.76. The van der Waals surface area contributed by atoms with Gasteiger partial charge in [-0.25, -0.2) is 0 Å². The van der Waals surface area contributed by atoms with E-state index in [1.54, 1.807) is 0 Å². The highest BCUT2D eigenvalue weighted by Crippen LogP contribution is 2.50. The van der Waals surface area contributed by atoms with Crippen molar-refractivity contribution in [2.45, 2.75) is 115 Å². The molecular weight excluding hydrogens is 490 g/mol. The normalized spacial score (nSPS) is 35.1. The van der Waals surface area contributed by atoms with Gasteiger partial charge < -0.3 is 20.4 Å². The number of aliphatic hydroxyl groups is 3. The fraction of sp³-hybridized carbons (Fsp3) is 0.758. The lowest BCUT2D eigenvalue weighted by Crippen LogP contribution is -2.44. The van der Waals surface area contributed by atoms with Gasteiger partial charge in [0.15, 0.2) is 0 Å². The second-order valence-electron chi connectivity index (χ2n) is 12.8. The van der Waals surface area contributed by atoms with E-state index >= 15 is 0 Å². The van der Waals surface area contributed by atoms with E-state index in [9.17, 15) is 25.2 Å². The van der Waals surface area contributed by atoms with Crippen molar-refractivity contribution in [2.75, 3.05) is 6.54 Å². The molecule has 39 heavy (non-hydrogen) atoms. The monoisotopic (exact) mass is 541 g/mol. The Bertz CT molecular complexity index is 925. The number of unbranched alkanes of at least 4 members (excludes halogenated alkanes) is 4. The molecule has 0 spiro atoms. The number of allylic oxidation sites excluding steroid dienone is 2. The van der Waals surface area contributed by atoms with Crippen LogP contribution < -0.4 is 0 Å². The first kappa shape index (κ1) is 30.2. The minimum Gasteiger partial charge on any atom is -0.481 e. The molecule has 218 valence electrons. The number of rotatable bonds is 15. The van der Waals surface area contributed by atoms with E-state index in [0.717, 1.165) is 57.9 Å². The summed E-state index contributed by atoms with van der Waals surface area (Å²) in [6, 6.07) is 0. The van der Waals surface area contributed by atoms with Crippen LogP contribution in [0.4, 0.5) is 0 Å². The molecule has 0 saturated heterocycles. The molecule has 1 saturated carbocycles. The van der Waals surface area contributed by atoms with Crippen LogP contribution >= 0.6 is 0 Å². The SMILES string of the molecule is CCCCCC1C=CC(CCCCCC(C(=O)O)C(O)C2C=CC3C(CC4=CCN=C4)CCC3(O)C2)C(O)C1. The van der Waals surface area contributed by atoms with E-state index in [1.807, 2.05) is 12.3 Å². The molecule has 9 unspecified atom stereocenters. The van der Waals surface area contributed by atoms with Crippen molar-refractivity contribution in [1.82, 2.24) is 0 Å². The van der Waals surface area contributed by atoms with Crippen molar-refractivity contribution in [3.8, 4) is 0 Å². The van der Waals surface area contributed by atoms with E-state index in [0.29, 0.717) is 31.1 Å². The van der Waals surface area contributed by atoms with Crippen LogP contribution in [0.1, 0.15) is 96.8 Å². The van der Waals surface area contributed by atoms with Crippen molar-refractivity contribution in [2.24, 2.45) is 40.5 Å². The Morgan fingerprint density at radius 1 is 1.10 bits per heavy atom. The summed E-state index contributed by atoms with van der Waals surface area (Å²) in [5.41, 5.74) is 0.375. The first-order valence-electron chi connectivity index (χ1n) is 15.7. The Labute approximate surface area is 235 Å².